The Kier molecular flexibility index (Phi) is 5.78. The molecule has 1 N–H and O–H groups in total. The Bertz CT molecular complexity index is 1160. The molecule has 1 aliphatic carbocycles. The number of phosphoric ester groups is 1. The summed E-state index contributed by atoms with van der Waals surface area (Å²) >= 11 is 0. The van der Waals surface area contributed by atoms with Crippen LogP contribution in [0.5, 0.6) is 0 Å². The smallest absolute Gasteiger partial charge is 0.311 e. The van der Waals surface area contributed by atoms with Crippen LogP contribution in [0.15, 0.2) is 47.8 Å². The van der Waals surface area contributed by atoms with Gasteiger partial charge < -0.3 is 9.55 Å². The van der Waals surface area contributed by atoms with Crippen LogP contribution in [0.2, 0.25) is 0 Å². The van der Waals surface area contributed by atoms with E-state index in [2.05, 4.69) is 28.5 Å². The number of hydrogen-bond acceptors (Lipinski definition) is 7. The molecule has 3 aromatic rings. The van der Waals surface area contributed by atoms with E-state index >= 15 is 0 Å². The van der Waals surface area contributed by atoms with Crippen molar-refractivity contribution in [2.24, 2.45) is 11.8 Å². The zero-order valence-corrected chi connectivity index (χ0v) is 17.7. The van der Waals surface area contributed by atoms with Crippen molar-refractivity contribution in [2.75, 3.05) is 14.2 Å². The first-order valence-electron chi connectivity index (χ1n) is 9.52. The second kappa shape index (κ2) is 8.23. The van der Waals surface area contributed by atoms with Crippen molar-refractivity contribution < 1.29 is 26.9 Å². The molecule has 166 valence electrons. The number of fused-ring (bicyclic) bond motifs is 1. The maximum Gasteiger partial charge on any atom is 0.479 e. The topological polar surface area (TPSA) is 108 Å². The molecule has 0 saturated heterocycles. The van der Waals surface area contributed by atoms with Crippen LogP contribution >= 0.6 is 7.82 Å². The van der Waals surface area contributed by atoms with Gasteiger partial charge >= 0.3 is 13.9 Å². The number of benzene rings is 1. The number of nitrogens with zero attached hydrogens (tertiary/aromatic N) is 3. The third-order valence-electron chi connectivity index (χ3n) is 5.46. The molecule has 2 heterocycles. The fourth-order valence-electron chi connectivity index (χ4n) is 3.81. The van der Waals surface area contributed by atoms with E-state index in [0.29, 0.717) is 12.1 Å². The Balaban J connectivity index is 1.67. The molecule has 0 radical (unpaired) electrons. The van der Waals surface area contributed by atoms with E-state index in [9.17, 15) is 18.1 Å². The standard InChI is InChI=1S/C19H21F2N4O5P/c1-28-31(27,29-2)30-19(20,21)14-9-13(14)15(8-12-6-4-3-5-7-12)25-11-24-16-17(25)22-10-23-18(16)26/h3-7,10-11,13-15H,8-9H2,1-2H3,(H,22,23,26)/t13-,14-,15-/m1/s1. The Morgan fingerprint density at radius 2 is 1.97 bits per heavy atom. The van der Waals surface area contributed by atoms with Crippen molar-refractivity contribution in [3.63, 3.8) is 0 Å². The lowest BCUT2D eigenvalue weighted by molar-refractivity contribution is -0.207. The molecule has 2 aromatic heterocycles. The monoisotopic (exact) mass is 454 g/mol. The van der Waals surface area contributed by atoms with Crippen molar-refractivity contribution in [3.05, 3.63) is 58.9 Å². The number of alkyl halides is 2. The van der Waals surface area contributed by atoms with Crippen LogP contribution in [0.1, 0.15) is 18.0 Å². The van der Waals surface area contributed by atoms with E-state index in [4.69, 9.17) is 0 Å². The van der Waals surface area contributed by atoms with Gasteiger partial charge in [0.2, 0.25) is 0 Å². The van der Waals surface area contributed by atoms with Crippen molar-refractivity contribution >= 4 is 19.0 Å². The van der Waals surface area contributed by atoms with Gasteiger partial charge in [0.15, 0.2) is 11.2 Å². The number of halogens is 2. The highest BCUT2D eigenvalue weighted by molar-refractivity contribution is 7.48. The summed E-state index contributed by atoms with van der Waals surface area (Å²) in [4.78, 5) is 22.8. The predicted octanol–water partition coefficient (Wildman–Crippen LogP) is 3.55. The van der Waals surface area contributed by atoms with Gasteiger partial charge in [0, 0.05) is 20.3 Å². The molecule has 3 atom stereocenters. The van der Waals surface area contributed by atoms with E-state index in [1.807, 2.05) is 30.3 Å². The van der Waals surface area contributed by atoms with Crippen molar-refractivity contribution in [1.82, 2.24) is 19.5 Å². The molecular formula is C19H21F2N4O5P. The molecule has 1 saturated carbocycles. The molecule has 9 nitrogen and oxygen atoms in total. The van der Waals surface area contributed by atoms with Crippen LogP contribution < -0.4 is 5.56 Å². The van der Waals surface area contributed by atoms with Gasteiger partial charge in [-0.05, 0) is 24.3 Å². The van der Waals surface area contributed by atoms with Gasteiger partial charge in [0.25, 0.3) is 5.56 Å². The minimum absolute atomic E-state index is 0.112. The van der Waals surface area contributed by atoms with Gasteiger partial charge in [-0.2, -0.15) is 8.78 Å². The van der Waals surface area contributed by atoms with Gasteiger partial charge in [0.05, 0.1) is 18.6 Å². The zero-order chi connectivity index (χ0) is 22.2. The van der Waals surface area contributed by atoms with E-state index in [-0.39, 0.29) is 11.9 Å². The molecule has 0 unspecified atom stereocenters. The normalized spacial score (nSPS) is 20.1. The van der Waals surface area contributed by atoms with Gasteiger partial charge in [-0.15, -0.1) is 0 Å². The summed E-state index contributed by atoms with van der Waals surface area (Å²) in [6, 6.07) is 8.88. The Labute approximate surface area is 176 Å². The summed E-state index contributed by atoms with van der Waals surface area (Å²) < 4.78 is 56.8. The number of aromatic nitrogens is 4. The molecule has 31 heavy (non-hydrogen) atoms. The fourth-order valence-corrected chi connectivity index (χ4v) is 4.54. The Hall–Kier alpha value is -2.46. The quantitative estimate of drug-likeness (QED) is 0.493. The summed E-state index contributed by atoms with van der Waals surface area (Å²) in [7, 11) is -2.42. The van der Waals surface area contributed by atoms with Crippen LogP contribution in [-0.4, -0.2) is 39.8 Å². The average Bonchev–Trinajstić information content (AvgIpc) is 3.46. The highest BCUT2D eigenvalue weighted by atomic mass is 31.2. The van der Waals surface area contributed by atoms with Crippen LogP contribution in [0.4, 0.5) is 8.78 Å². The molecule has 0 amide bonds. The molecule has 1 aromatic carbocycles. The maximum absolute atomic E-state index is 14.8. The second-order valence-electron chi connectivity index (χ2n) is 7.28. The molecule has 0 bridgehead atoms. The molecular weight excluding hydrogens is 433 g/mol. The van der Waals surface area contributed by atoms with Gasteiger partial charge in [-0.3, -0.25) is 13.8 Å². The molecule has 12 heteroatoms. The van der Waals surface area contributed by atoms with E-state index in [1.165, 1.54) is 12.7 Å². The van der Waals surface area contributed by atoms with Crippen LogP contribution in [0, 0.1) is 11.8 Å². The van der Waals surface area contributed by atoms with Crippen molar-refractivity contribution in [1.29, 1.82) is 0 Å². The average molecular weight is 454 g/mol. The Morgan fingerprint density at radius 3 is 2.65 bits per heavy atom. The molecule has 1 aliphatic rings. The largest absolute Gasteiger partial charge is 0.479 e. The minimum atomic E-state index is -4.37. The SMILES string of the molecule is COP(=O)(OC)OC(F)(F)[C@@H]1C[C@H]1[C@@H](Cc1ccccc1)n1cnc2c(=O)[nH]cnc21. The zero-order valence-electron chi connectivity index (χ0n) is 16.8. The summed E-state index contributed by atoms with van der Waals surface area (Å²) in [6.45, 7) is 0. The lowest BCUT2D eigenvalue weighted by atomic mass is 10.0. The number of rotatable bonds is 9. The third kappa shape index (κ3) is 4.31. The lowest BCUT2D eigenvalue weighted by Gasteiger charge is -2.24. The molecule has 0 aliphatic heterocycles. The van der Waals surface area contributed by atoms with E-state index in [0.717, 1.165) is 19.8 Å². The number of imidazole rings is 1. The fraction of sp³-hybridized carbons (Fsp3) is 0.421. The number of nitrogens with one attached hydrogen (secondary N) is 1. The molecule has 1 fully saturated rings. The summed E-state index contributed by atoms with van der Waals surface area (Å²) in [5.41, 5.74) is 0.945. The third-order valence-corrected chi connectivity index (χ3v) is 6.82. The Morgan fingerprint density at radius 1 is 1.26 bits per heavy atom. The highest BCUT2D eigenvalue weighted by Crippen LogP contribution is 2.62. The van der Waals surface area contributed by atoms with Gasteiger partial charge in [-0.1, -0.05) is 30.3 Å². The van der Waals surface area contributed by atoms with E-state index < -0.39 is 37.4 Å². The van der Waals surface area contributed by atoms with Crippen molar-refractivity contribution in [3.8, 4) is 0 Å². The first kappa shape index (κ1) is 21.8. The molecule has 4 rings (SSSR count). The van der Waals surface area contributed by atoms with Gasteiger partial charge in [0.1, 0.15) is 0 Å². The van der Waals surface area contributed by atoms with Crippen LogP contribution in [-0.2, 0) is 24.6 Å². The first-order valence-corrected chi connectivity index (χ1v) is 11.0. The lowest BCUT2D eigenvalue weighted by Crippen LogP contribution is -2.26. The van der Waals surface area contributed by atoms with Gasteiger partial charge in [-0.25, -0.2) is 19.1 Å². The van der Waals surface area contributed by atoms with Crippen LogP contribution in [0.25, 0.3) is 11.2 Å². The number of hydrogen-bond donors (Lipinski definition) is 1. The summed E-state index contributed by atoms with van der Waals surface area (Å²) in [6.07, 6.45) is -0.532. The van der Waals surface area contributed by atoms with Crippen LogP contribution in [0.3, 0.4) is 0 Å². The van der Waals surface area contributed by atoms with Crippen molar-refractivity contribution in [2.45, 2.75) is 25.0 Å². The summed E-state index contributed by atoms with van der Waals surface area (Å²) in [5.74, 6) is -1.77. The number of phosphoric acid groups is 1. The maximum atomic E-state index is 14.8. The molecule has 0 spiro atoms. The van der Waals surface area contributed by atoms with E-state index in [1.54, 1.807) is 4.57 Å². The summed E-state index contributed by atoms with van der Waals surface area (Å²) in [5, 5.41) is 0. The number of H-pyrrole nitrogens is 1. The first-order chi connectivity index (χ1) is 14.8. The minimum Gasteiger partial charge on any atom is -0.311 e. The predicted molar refractivity (Wildman–Crippen MR) is 107 cm³/mol. The number of aromatic amines is 1. The second-order valence-corrected chi connectivity index (χ2v) is 9.09. The highest BCUT2D eigenvalue weighted by Gasteiger charge is 2.61.